The highest BCUT2D eigenvalue weighted by Gasteiger charge is 1.95. The molecule has 0 saturated carbocycles. The number of hydrogen-bond acceptors (Lipinski definition) is 1. The van der Waals surface area contributed by atoms with Crippen LogP contribution in [0.25, 0.3) is 0 Å². The third kappa shape index (κ3) is 2.52. The SMILES string of the molecule is N=CCc1cc(Cl)cc(Cl)c1. The quantitative estimate of drug-likeness (QED) is 0.689. The zero-order valence-corrected chi connectivity index (χ0v) is 7.28. The summed E-state index contributed by atoms with van der Waals surface area (Å²) < 4.78 is 0. The number of benzene rings is 1. The van der Waals surface area contributed by atoms with E-state index in [1.54, 1.807) is 18.2 Å². The zero-order valence-electron chi connectivity index (χ0n) is 5.77. The van der Waals surface area contributed by atoms with Gasteiger partial charge in [-0.3, -0.25) is 0 Å². The van der Waals surface area contributed by atoms with Gasteiger partial charge in [0.2, 0.25) is 0 Å². The smallest absolute Gasteiger partial charge is 0.0423 e. The van der Waals surface area contributed by atoms with Crippen LogP contribution >= 0.6 is 23.2 Å². The first-order valence-electron chi connectivity index (χ1n) is 3.16. The average molecular weight is 188 g/mol. The zero-order chi connectivity index (χ0) is 8.27. The van der Waals surface area contributed by atoms with Gasteiger partial charge in [0.25, 0.3) is 0 Å². The Morgan fingerprint density at radius 1 is 1.18 bits per heavy atom. The van der Waals surface area contributed by atoms with Crippen molar-refractivity contribution in [1.29, 1.82) is 5.41 Å². The Balaban J connectivity index is 2.98. The minimum Gasteiger partial charge on any atom is -0.313 e. The molecule has 0 aromatic heterocycles. The van der Waals surface area contributed by atoms with E-state index < -0.39 is 0 Å². The first-order valence-corrected chi connectivity index (χ1v) is 3.92. The molecule has 11 heavy (non-hydrogen) atoms. The molecule has 0 radical (unpaired) electrons. The van der Waals surface area contributed by atoms with Gasteiger partial charge in [0.05, 0.1) is 0 Å². The summed E-state index contributed by atoms with van der Waals surface area (Å²) in [6, 6.07) is 5.29. The number of hydrogen-bond donors (Lipinski definition) is 1. The van der Waals surface area contributed by atoms with Gasteiger partial charge in [0.1, 0.15) is 0 Å². The van der Waals surface area contributed by atoms with Crippen molar-refractivity contribution in [2.24, 2.45) is 0 Å². The van der Waals surface area contributed by atoms with Crippen LogP contribution in [0, 0.1) is 5.41 Å². The minimum atomic E-state index is 0.584. The molecule has 0 aliphatic heterocycles. The summed E-state index contributed by atoms with van der Waals surface area (Å²) in [6.45, 7) is 0. The third-order valence-electron chi connectivity index (χ3n) is 1.26. The number of rotatable bonds is 2. The van der Waals surface area contributed by atoms with Crippen LogP contribution in [0.4, 0.5) is 0 Å². The molecule has 1 nitrogen and oxygen atoms in total. The van der Waals surface area contributed by atoms with E-state index in [-0.39, 0.29) is 0 Å². The Labute approximate surface area is 75.5 Å². The average Bonchev–Trinajstić information content (AvgIpc) is 1.85. The van der Waals surface area contributed by atoms with Crippen molar-refractivity contribution in [3.63, 3.8) is 0 Å². The Bertz CT molecular complexity index is 251. The Kier molecular flexibility index (Phi) is 2.92. The monoisotopic (exact) mass is 187 g/mol. The van der Waals surface area contributed by atoms with Crippen LogP contribution in [0.1, 0.15) is 5.56 Å². The van der Waals surface area contributed by atoms with E-state index in [1.807, 2.05) is 0 Å². The summed E-state index contributed by atoms with van der Waals surface area (Å²) in [5.41, 5.74) is 0.970. The third-order valence-corrected chi connectivity index (χ3v) is 1.70. The molecule has 0 aliphatic carbocycles. The highest BCUT2D eigenvalue weighted by atomic mass is 35.5. The second-order valence-corrected chi connectivity index (χ2v) is 3.06. The van der Waals surface area contributed by atoms with Crippen molar-refractivity contribution >= 4 is 29.4 Å². The predicted molar refractivity (Wildman–Crippen MR) is 48.9 cm³/mol. The fourth-order valence-corrected chi connectivity index (χ4v) is 1.42. The summed E-state index contributed by atoms with van der Waals surface area (Å²) in [5, 5.41) is 8.11. The maximum absolute atomic E-state index is 6.87. The largest absolute Gasteiger partial charge is 0.313 e. The molecule has 0 amide bonds. The van der Waals surface area contributed by atoms with Crippen LogP contribution in [0.5, 0.6) is 0 Å². The molecular weight excluding hydrogens is 181 g/mol. The summed E-state index contributed by atoms with van der Waals surface area (Å²) in [7, 11) is 0. The van der Waals surface area contributed by atoms with Crippen molar-refractivity contribution in [2.75, 3.05) is 0 Å². The Morgan fingerprint density at radius 2 is 1.73 bits per heavy atom. The van der Waals surface area contributed by atoms with E-state index in [1.165, 1.54) is 6.21 Å². The van der Waals surface area contributed by atoms with Gasteiger partial charge in [0.15, 0.2) is 0 Å². The first kappa shape index (κ1) is 8.57. The highest BCUT2D eigenvalue weighted by molar-refractivity contribution is 6.34. The molecule has 1 aromatic carbocycles. The molecule has 3 heteroatoms. The minimum absolute atomic E-state index is 0.584. The van der Waals surface area contributed by atoms with Gasteiger partial charge in [0, 0.05) is 16.5 Å². The van der Waals surface area contributed by atoms with Gasteiger partial charge in [-0.1, -0.05) is 23.2 Å². The summed E-state index contributed by atoms with van der Waals surface area (Å²) in [4.78, 5) is 0. The normalized spacial score (nSPS) is 9.64. The van der Waals surface area contributed by atoms with Crippen molar-refractivity contribution in [1.82, 2.24) is 0 Å². The van der Waals surface area contributed by atoms with E-state index in [9.17, 15) is 0 Å². The molecule has 58 valence electrons. The molecule has 0 spiro atoms. The van der Waals surface area contributed by atoms with E-state index in [0.717, 1.165) is 5.56 Å². The topological polar surface area (TPSA) is 23.9 Å². The van der Waals surface area contributed by atoms with Crippen molar-refractivity contribution < 1.29 is 0 Å². The molecule has 0 bridgehead atoms. The lowest BCUT2D eigenvalue weighted by molar-refractivity contribution is 1.33. The van der Waals surface area contributed by atoms with E-state index in [2.05, 4.69) is 0 Å². The highest BCUT2D eigenvalue weighted by Crippen LogP contribution is 2.18. The van der Waals surface area contributed by atoms with Gasteiger partial charge < -0.3 is 5.41 Å². The van der Waals surface area contributed by atoms with Crippen LogP contribution in [-0.4, -0.2) is 6.21 Å². The van der Waals surface area contributed by atoms with Gasteiger partial charge >= 0.3 is 0 Å². The van der Waals surface area contributed by atoms with Crippen LogP contribution in [-0.2, 0) is 6.42 Å². The van der Waals surface area contributed by atoms with E-state index in [4.69, 9.17) is 28.6 Å². The number of nitrogens with one attached hydrogen (secondary N) is 1. The summed E-state index contributed by atoms with van der Waals surface area (Å²) in [5.74, 6) is 0. The van der Waals surface area contributed by atoms with Crippen LogP contribution in [0.3, 0.4) is 0 Å². The lowest BCUT2D eigenvalue weighted by atomic mass is 10.2. The molecule has 1 rings (SSSR count). The van der Waals surface area contributed by atoms with Gasteiger partial charge in [-0.15, -0.1) is 0 Å². The molecule has 1 N–H and O–H groups in total. The van der Waals surface area contributed by atoms with Crippen molar-refractivity contribution in [2.45, 2.75) is 6.42 Å². The lowest BCUT2D eigenvalue weighted by Crippen LogP contribution is -1.84. The molecule has 0 atom stereocenters. The van der Waals surface area contributed by atoms with E-state index >= 15 is 0 Å². The lowest BCUT2D eigenvalue weighted by Gasteiger charge is -1.97. The molecule has 0 heterocycles. The maximum atomic E-state index is 6.87. The molecule has 0 saturated heterocycles. The van der Waals surface area contributed by atoms with Crippen LogP contribution < -0.4 is 0 Å². The van der Waals surface area contributed by atoms with Crippen LogP contribution in [0.15, 0.2) is 18.2 Å². The standard InChI is InChI=1S/C8H7Cl2N/c9-7-3-6(1-2-11)4-8(10)5-7/h2-5,11H,1H2. The molecule has 1 aromatic rings. The second-order valence-electron chi connectivity index (χ2n) is 2.19. The maximum Gasteiger partial charge on any atom is 0.0423 e. The fraction of sp³-hybridized carbons (Fsp3) is 0.125. The molecule has 0 fully saturated rings. The predicted octanol–water partition coefficient (Wildman–Crippen LogP) is 3.19. The molecular formula is C8H7Cl2N. The molecule has 0 aliphatic rings. The van der Waals surface area contributed by atoms with Crippen molar-refractivity contribution in [3.05, 3.63) is 33.8 Å². The van der Waals surface area contributed by atoms with Gasteiger partial charge in [-0.05, 0) is 30.0 Å². The van der Waals surface area contributed by atoms with Gasteiger partial charge in [-0.25, -0.2) is 0 Å². The molecule has 0 unspecified atom stereocenters. The van der Waals surface area contributed by atoms with Crippen molar-refractivity contribution in [3.8, 4) is 0 Å². The Hall–Kier alpha value is -0.530. The number of halogens is 2. The fourth-order valence-electron chi connectivity index (χ4n) is 0.847. The Morgan fingerprint density at radius 3 is 2.18 bits per heavy atom. The second kappa shape index (κ2) is 3.74. The van der Waals surface area contributed by atoms with E-state index in [0.29, 0.717) is 16.5 Å². The first-order chi connectivity index (χ1) is 5.22. The van der Waals surface area contributed by atoms with Gasteiger partial charge in [-0.2, -0.15) is 0 Å². The summed E-state index contributed by atoms with van der Waals surface area (Å²) >= 11 is 11.5. The van der Waals surface area contributed by atoms with Crippen LogP contribution in [0.2, 0.25) is 10.0 Å². The summed E-state index contributed by atoms with van der Waals surface area (Å²) in [6.07, 6.45) is 1.91.